The second-order valence-corrected chi connectivity index (χ2v) is 6.11. The van der Waals surface area contributed by atoms with Gasteiger partial charge in [-0.05, 0) is 42.5 Å². The Labute approximate surface area is 152 Å². The van der Waals surface area contributed by atoms with E-state index in [1.54, 1.807) is 36.4 Å². The molecule has 2 aromatic carbocycles. The topological polar surface area (TPSA) is 92.7 Å². The number of ether oxygens (including phenoxy) is 1. The fourth-order valence-electron chi connectivity index (χ4n) is 2.14. The van der Waals surface area contributed by atoms with Crippen molar-refractivity contribution in [3.63, 3.8) is 0 Å². The van der Waals surface area contributed by atoms with Crippen LogP contribution in [0.4, 0.5) is 5.69 Å². The maximum Gasteiger partial charge on any atom is 0.303 e. The lowest BCUT2D eigenvalue weighted by molar-refractivity contribution is -0.138. The monoisotopic (exact) mass is 405 g/mol. The van der Waals surface area contributed by atoms with Gasteiger partial charge in [0, 0.05) is 22.0 Å². The maximum absolute atomic E-state index is 12.8. The predicted octanol–water partition coefficient (Wildman–Crippen LogP) is 3.49. The summed E-state index contributed by atoms with van der Waals surface area (Å²) in [6.07, 6.45) is -0.453. The molecule has 1 amide bonds. The molecule has 25 heavy (non-hydrogen) atoms. The molecule has 0 bridgehead atoms. The van der Waals surface area contributed by atoms with E-state index in [-0.39, 0.29) is 24.2 Å². The molecule has 2 rings (SSSR count). The molecule has 130 valence electrons. The number of benzene rings is 2. The number of nitrogens with one attached hydrogen (secondary N) is 1. The van der Waals surface area contributed by atoms with E-state index in [4.69, 9.17) is 9.84 Å². The van der Waals surface area contributed by atoms with E-state index < -0.39 is 11.9 Å². The highest BCUT2D eigenvalue weighted by Gasteiger charge is 2.17. The van der Waals surface area contributed by atoms with E-state index in [0.717, 1.165) is 4.47 Å². The summed E-state index contributed by atoms with van der Waals surface area (Å²) in [5.74, 6) is -1.34. The van der Waals surface area contributed by atoms with E-state index in [9.17, 15) is 14.4 Å². The summed E-state index contributed by atoms with van der Waals surface area (Å²) in [5.41, 5.74) is 1.03. The summed E-state index contributed by atoms with van der Waals surface area (Å²) < 4.78 is 5.99. The van der Waals surface area contributed by atoms with Gasteiger partial charge in [-0.15, -0.1) is 0 Å². The van der Waals surface area contributed by atoms with Crippen LogP contribution in [-0.4, -0.2) is 29.9 Å². The smallest absolute Gasteiger partial charge is 0.303 e. The van der Waals surface area contributed by atoms with E-state index in [1.165, 1.54) is 13.2 Å². The van der Waals surface area contributed by atoms with Crippen LogP contribution in [-0.2, 0) is 9.59 Å². The summed E-state index contributed by atoms with van der Waals surface area (Å²) in [7, 11) is 1.48. The van der Waals surface area contributed by atoms with Crippen LogP contribution in [0.15, 0.2) is 46.9 Å². The van der Waals surface area contributed by atoms with Crippen molar-refractivity contribution in [3.05, 3.63) is 58.1 Å². The van der Waals surface area contributed by atoms with Gasteiger partial charge in [0.2, 0.25) is 5.91 Å². The van der Waals surface area contributed by atoms with Crippen LogP contribution in [0.3, 0.4) is 0 Å². The molecule has 0 aliphatic rings. The molecule has 0 radical (unpaired) electrons. The van der Waals surface area contributed by atoms with E-state index >= 15 is 0 Å². The van der Waals surface area contributed by atoms with Gasteiger partial charge in [0.05, 0.1) is 19.2 Å². The van der Waals surface area contributed by atoms with E-state index in [0.29, 0.717) is 17.0 Å². The van der Waals surface area contributed by atoms with Gasteiger partial charge in [-0.3, -0.25) is 14.4 Å². The summed E-state index contributed by atoms with van der Waals surface area (Å²) >= 11 is 3.31. The fourth-order valence-corrected chi connectivity index (χ4v) is 2.40. The van der Waals surface area contributed by atoms with Crippen molar-refractivity contribution in [1.29, 1.82) is 0 Å². The van der Waals surface area contributed by atoms with E-state index in [1.807, 2.05) is 0 Å². The molecule has 2 N–H and O–H groups in total. The van der Waals surface area contributed by atoms with Crippen LogP contribution in [0.5, 0.6) is 5.75 Å². The normalized spacial score (nSPS) is 10.2. The first-order chi connectivity index (χ1) is 11.9. The third kappa shape index (κ3) is 5.15. The van der Waals surface area contributed by atoms with Gasteiger partial charge in [0.15, 0.2) is 5.78 Å². The minimum atomic E-state index is -1.06. The van der Waals surface area contributed by atoms with Crippen molar-refractivity contribution < 1.29 is 24.2 Å². The molecular formula is C18H16BrNO5. The Morgan fingerprint density at radius 2 is 1.76 bits per heavy atom. The highest BCUT2D eigenvalue weighted by Crippen LogP contribution is 2.25. The third-order valence-corrected chi connectivity index (χ3v) is 3.95. The second-order valence-electron chi connectivity index (χ2n) is 5.19. The first-order valence-electron chi connectivity index (χ1n) is 7.40. The number of hydrogen-bond donors (Lipinski definition) is 2. The number of carboxylic acids is 1. The zero-order valence-corrected chi connectivity index (χ0v) is 15.0. The Morgan fingerprint density at radius 3 is 2.36 bits per heavy atom. The van der Waals surface area contributed by atoms with Crippen molar-refractivity contribution in [2.45, 2.75) is 12.8 Å². The molecule has 0 aliphatic heterocycles. The highest BCUT2D eigenvalue weighted by atomic mass is 79.9. The molecule has 2 aromatic rings. The first kappa shape index (κ1) is 18.7. The molecular weight excluding hydrogens is 390 g/mol. The molecule has 0 saturated heterocycles. The van der Waals surface area contributed by atoms with Gasteiger partial charge in [-0.25, -0.2) is 0 Å². The number of aliphatic carboxylic acids is 1. The van der Waals surface area contributed by atoms with Crippen molar-refractivity contribution in [2.24, 2.45) is 0 Å². The molecule has 0 aliphatic carbocycles. The Hall–Kier alpha value is -2.67. The number of carbonyl (C=O) groups is 3. The number of halogens is 1. The number of methoxy groups -OCH3 is 1. The molecule has 0 saturated carbocycles. The zero-order chi connectivity index (χ0) is 18.4. The minimum Gasteiger partial charge on any atom is -0.497 e. The summed E-state index contributed by atoms with van der Waals surface area (Å²) in [6.45, 7) is 0. The Balaban J connectivity index is 2.31. The van der Waals surface area contributed by atoms with Gasteiger partial charge < -0.3 is 15.2 Å². The van der Waals surface area contributed by atoms with Gasteiger partial charge in [0.1, 0.15) is 5.75 Å². The van der Waals surface area contributed by atoms with E-state index in [2.05, 4.69) is 21.2 Å². The molecule has 0 aromatic heterocycles. The lowest BCUT2D eigenvalue weighted by atomic mass is 10.0. The fraction of sp³-hybridized carbons (Fsp3) is 0.167. The summed E-state index contributed by atoms with van der Waals surface area (Å²) in [5, 5.41) is 11.2. The Kier molecular flexibility index (Phi) is 6.30. The molecule has 6 nitrogen and oxygen atoms in total. The molecule has 7 heteroatoms. The molecule has 0 unspecified atom stereocenters. The van der Waals surface area contributed by atoms with Crippen LogP contribution in [0.2, 0.25) is 0 Å². The van der Waals surface area contributed by atoms with Gasteiger partial charge in [-0.1, -0.05) is 15.9 Å². The minimum absolute atomic E-state index is 0.173. The van der Waals surface area contributed by atoms with Crippen LogP contribution < -0.4 is 10.1 Å². The van der Waals surface area contributed by atoms with Gasteiger partial charge >= 0.3 is 5.97 Å². The van der Waals surface area contributed by atoms with Gasteiger partial charge in [-0.2, -0.15) is 0 Å². The molecule has 0 fully saturated rings. The number of ketones is 1. The van der Waals surface area contributed by atoms with Crippen LogP contribution in [0, 0.1) is 0 Å². The SMILES string of the molecule is COc1ccc(NC(=O)CCC(=O)O)c(C(=O)c2ccc(Br)cc2)c1. The Bertz CT molecular complexity index is 802. The number of hydrogen-bond acceptors (Lipinski definition) is 4. The van der Waals surface area contributed by atoms with Crippen molar-refractivity contribution in [2.75, 3.05) is 12.4 Å². The molecule has 0 atom stereocenters. The molecule has 0 heterocycles. The number of amides is 1. The largest absolute Gasteiger partial charge is 0.497 e. The van der Waals surface area contributed by atoms with Crippen LogP contribution in [0.25, 0.3) is 0 Å². The van der Waals surface area contributed by atoms with Crippen LogP contribution >= 0.6 is 15.9 Å². The zero-order valence-electron chi connectivity index (χ0n) is 13.4. The second kappa shape index (κ2) is 8.43. The number of carboxylic acid groups (broad SMARTS) is 1. The lowest BCUT2D eigenvalue weighted by Gasteiger charge is -2.12. The average Bonchev–Trinajstić information content (AvgIpc) is 2.60. The van der Waals surface area contributed by atoms with Crippen molar-refractivity contribution >= 4 is 39.3 Å². The number of rotatable bonds is 7. The standard InChI is InChI=1S/C18H16BrNO5/c1-25-13-6-7-15(20-16(21)8-9-17(22)23)14(10-13)18(24)11-2-4-12(19)5-3-11/h2-7,10H,8-9H2,1H3,(H,20,21)(H,22,23). The van der Waals surface area contributed by atoms with Crippen molar-refractivity contribution in [3.8, 4) is 5.75 Å². The average molecular weight is 406 g/mol. The lowest BCUT2D eigenvalue weighted by Crippen LogP contribution is -2.16. The predicted molar refractivity (Wildman–Crippen MR) is 96.1 cm³/mol. The van der Waals surface area contributed by atoms with Gasteiger partial charge in [0.25, 0.3) is 0 Å². The summed E-state index contributed by atoms with van der Waals surface area (Å²) in [6, 6.07) is 11.5. The maximum atomic E-state index is 12.8. The van der Waals surface area contributed by atoms with Crippen molar-refractivity contribution in [1.82, 2.24) is 0 Å². The molecule has 0 spiro atoms. The third-order valence-electron chi connectivity index (χ3n) is 3.42. The number of carbonyl (C=O) groups excluding carboxylic acids is 2. The summed E-state index contributed by atoms with van der Waals surface area (Å²) in [4.78, 5) is 35.3. The number of anilines is 1. The van der Waals surface area contributed by atoms with Crippen LogP contribution in [0.1, 0.15) is 28.8 Å². The quantitative estimate of drug-likeness (QED) is 0.687. The first-order valence-corrected chi connectivity index (χ1v) is 8.20. The highest BCUT2D eigenvalue weighted by molar-refractivity contribution is 9.10. The Morgan fingerprint density at radius 1 is 1.08 bits per heavy atom.